The molecule has 0 saturated carbocycles. The third kappa shape index (κ3) is 2.67. The fourth-order valence-electron chi connectivity index (χ4n) is 2.14. The lowest BCUT2D eigenvalue weighted by Crippen LogP contribution is -2.09. The summed E-state index contributed by atoms with van der Waals surface area (Å²) in [4.78, 5) is 7.75. The van der Waals surface area contributed by atoms with E-state index in [-0.39, 0.29) is 17.3 Å². The molecule has 3 heterocycles. The molecule has 22 heavy (non-hydrogen) atoms. The van der Waals surface area contributed by atoms with Crippen LogP contribution in [0.2, 0.25) is 0 Å². The zero-order chi connectivity index (χ0) is 15.7. The lowest BCUT2D eigenvalue weighted by molar-refractivity contribution is -0.141. The molecule has 1 fully saturated rings. The average molecular weight is 311 g/mol. The molecule has 0 spiro atoms. The maximum absolute atomic E-state index is 13.2. The van der Waals surface area contributed by atoms with Crippen LogP contribution < -0.4 is 5.73 Å². The molecule has 0 atom stereocenters. The molecule has 0 bridgehead atoms. The van der Waals surface area contributed by atoms with Gasteiger partial charge in [0, 0.05) is 18.0 Å². The molecule has 9 heteroatoms. The molecular formula is C13H12F3N5O. The molecule has 1 aliphatic rings. The Kier molecular flexibility index (Phi) is 3.57. The van der Waals surface area contributed by atoms with Gasteiger partial charge in [-0.05, 0) is 24.1 Å². The lowest BCUT2D eigenvalue weighted by Gasteiger charge is -2.04. The topological polar surface area (TPSA) is 78.9 Å². The number of anilines is 1. The van der Waals surface area contributed by atoms with E-state index in [1.165, 1.54) is 18.5 Å². The van der Waals surface area contributed by atoms with E-state index in [1.54, 1.807) is 6.07 Å². The summed E-state index contributed by atoms with van der Waals surface area (Å²) in [5.74, 6) is -0.171. The van der Waals surface area contributed by atoms with E-state index >= 15 is 0 Å². The number of hydrogen-bond acceptors (Lipinski definition) is 5. The number of hydrogen-bond donors (Lipinski definition) is 1. The van der Waals surface area contributed by atoms with Gasteiger partial charge in [-0.1, -0.05) is 0 Å². The summed E-state index contributed by atoms with van der Waals surface area (Å²) in [5.41, 5.74) is 5.35. The maximum Gasteiger partial charge on any atom is 0.435 e. The standard InChI is InChI=1S/C13H12F3N5O/c14-13(15,16)10-9(6-8-2-5-22-7-8)11(17)21(20-10)12-18-3-1-4-19-12/h1,3-4,6H,2,5,7,17H2. The highest BCUT2D eigenvalue weighted by molar-refractivity contribution is 5.68. The summed E-state index contributed by atoms with van der Waals surface area (Å²) < 4.78 is 45.6. The molecule has 0 aliphatic carbocycles. The minimum absolute atomic E-state index is 0.0159. The van der Waals surface area contributed by atoms with Crippen LogP contribution in [0.5, 0.6) is 0 Å². The van der Waals surface area contributed by atoms with Gasteiger partial charge in [0.25, 0.3) is 5.95 Å². The highest BCUT2D eigenvalue weighted by Gasteiger charge is 2.39. The van der Waals surface area contributed by atoms with Gasteiger partial charge in [-0.25, -0.2) is 9.97 Å². The van der Waals surface area contributed by atoms with Crippen molar-refractivity contribution in [1.29, 1.82) is 0 Å². The van der Waals surface area contributed by atoms with Crippen LogP contribution >= 0.6 is 0 Å². The van der Waals surface area contributed by atoms with Crippen LogP contribution in [-0.4, -0.2) is 33.0 Å². The van der Waals surface area contributed by atoms with E-state index in [0.717, 1.165) is 10.3 Å². The number of alkyl halides is 3. The first-order valence-electron chi connectivity index (χ1n) is 6.47. The smallest absolute Gasteiger partial charge is 0.383 e. The van der Waals surface area contributed by atoms with Gasteiger partial charge in [-0.2, -0.15) is 23.0 Å². The van der Waals surface area contributed by atoms with E-state index in [1.807, 2.05) is 0 Å². The molecule has 0 amide bonds. The Morgan fingerprint density at radius 1 is 1.27 bits per heavy atom. The Balaban J connectivity index is 2.15. The zero-order valence-electron chi connectivity index (χ0n) is 11.3. The molecule has 0 unspecified atom stereocenters. The summed E-state index contributed by atoms with van der Waals surface area (Å²) >= 11 is 0. The van der Waals surface area contributed by atoms with Crippen LogP contribution in [0, 0.1) is 0 Å². The molecule has 2 N–H and O–H groups in total. The Morgan fingerprint density at radius 2 is 2.00 bits per heavy atom. The monoisotopic (exact) mass is 311 g/mol. The largest absolute Gasteiger partial charge is 0.435 e. The van der Waals surface area contributed by atoms with Crippen LogP contribution in [0.1, 0.15) is 17.7 Å². The Morgan fingerprint density at radius 3 is 2.59 bits per heavy atom. The molecule has 0 radical (unpaired) electrons. The van der Waals surface area contributed by atoms with Crippen molar-refractivity contribution < 1.29 is 17.9 Å². The first-order valence-corrected chi connectivity index (χ1v) is 6.47. The second kappa shape index (κ2) is 5.41. The molecule has 116 valence electrons. The van der Waals surface area contributed by atoms with Gasteiger partial charge in [-0.3, -0.25) is 0 Å². The molecule has 0 aromatic carbocycles. The van der Waals surface area contributed by atoms with Crippen molar-refractivity contribution in [3.63, 3.8) is 0 Å². The van der Waals surface area contributed by atoms with Crippen molar-refractivity contribution >= 4 is 11.9 Å². The van der Waals surface area contributed by atoms with Gasteiger partial charge >= 0.3 is 6.18 Å². The fourth-order valence-corrected chi connectivity index (χ4v) is 2.14. The van der Waals surface area contributed by atoms with Crippen molar-refractivity contribution in [3.05, 3.63) is 35.3 Å². The molecule has 1 aliphatic heterocycles. The average Bonchev–Trinajstić information content (AvgIpc) is 3.09. The van der Waals surface area contributed by atoms with Crippen LogP contribution in [0.3, 0.4) is 0 Å². The molecule has 2 aromatic rings. The SMILES string of the molecule is Nc1c(C=C2CCOC2)c(C(F)(F)F)nn1-c1ncccn1. The Bertz CT molecular complexity index is 700. The van der Waals surface area contributed by atoms with Crippen molar-refractivity contribution in [2.75, 3.05) is 18.9 Å². The highest BCUT2D eigenvalue weighted by atomic mass is 19.4. The number of aromatic nitrogens is 4. The van der Waals surface area contributed by atoms with E-state index in [9.17, 15) is 13.2 Å². The van der Waals surface area contributed by atoms with Crippen LogP contribution in [-0.2, 0) is 10.9 Å². The van der Waals surface area contributed by atoms with Crippen molar-refractivity contribution in [1.82, 2.24) is 19.7 Å². The van der Waals surface area contributed by atoms with Gasteiger partial charge in [-0.15, -0.1) is 0 Å². The van der Waals surface area contributed by atoms with E-state index < -0.39 is 11.9 Å². The van der Waals surface area contributed by atoms with E-state index in [0.29, 0.717) is 19.6 Å². The van der Waals surface area contributed by atoms with E-state index in [2.05, 4.69) is 15.1 Å². The summed E-state index contributed by atoms with van der Waals surface area (Å²) in [6.07, 6.45) is 0.140. The summed E-state index contributed by atoms with van der Waals surface area (Å²) in [7, 11) is 0. The predicted octanol–water partition coefficient (Wildman–Crippen LogP) is 2.07. The Labute approximate surface area is 123 Å². The first kappa shape index (κ1) is 14.5. The van der Waals surface area contributed by atoms with Crippen molar-refractivity contribution in [2.24, 2.45) is 0 Å². The zero-order valence-corrected chi connectivity index (χ0v) is 11.3. The summed E-state index contributed by atoms with van der Waals surface area (Å²) in [6.45, 7) is 0.785. The number of halogens is 3. The molecule has 1 saturated heterocycles. The third-order valence-corrected chi connectivity index (χ3v) is 3.17. The number of ether oxygens (including phenoxy) is 1. The van der Waals surface area contributed by atoms with E-state index in [4.69, 9.17) is 10.5 Å². The van der Waals surface area contributed by atoms with Gasteiger partial charge in [0.2, 0.25) is 0 Å². The highest BCUT2D eigenvalue weighted by Crippen LogP contribution is 2.36. The van der Waals surface area contributed by atoms with Crippen molar-refractivity contribution in [3.8, 4) is 5.95 Å². The van der Waals surface area contributed by atoms with Gasteiger partial charge in [0.15, 0.2) is 5.69 Å². The normalized spacial score (nSPS) is 17.3. The number of nitrogens with two attached hydrogens (primary N) is 1. The van der Waals surface area contributed by atoms with Gasteiger partial charge in [0.05, 0.1) is 13.2 Å². The molecule has 3 rings (SSSR count). The predicted molar refractivity (Wildman–Crippen MR) is 72.0 cm³/mol. The van der Waals surface area contributed by atoms with Gasteiger partial charge in [0.1, 0.15) is 5.82 Å². The minimum atomic E-state index is -4.62. The number of nitrogens with zero attached hydrogens (tertiary/aromatic N) is 4. The molecule has 2 aromatic heterocycles. The Hall–Kier alpha value is -2.42. The maximum atomic E-state index is 13.2. The molecular weight excluding hydrogens is 299 g/mol. The van der Waals surface area contributed by atoms with Crippen molar-refractivity contribution in [2.45, 2.75) is 12.6 Å². The number of nitrogen functional groups attached to an aromatic ring is 1. The summed E-state index contributed by atoms with van der Waals surface area (Å²) in [5, 5.41) is 3.55. The van der Waals surface area contributed by atoms with Crippen LogP contribution in [0.25, 0.3) is 12.0 Å². The third-order valence-electron chi connectivity index (χ3n) is 3.17. The second-order valence-corrected chi connectivity index (χ2v) is 4.71. The number of rotatable bonds is 2. The minimum Gasteiger partial charge on any atom is -0.383 e. The summed E-state index contributed by atoms with van der Waals surface area (Å²) in [6, 6.07) is 1.55. The first-order chi connectivity index (χ1) is 10.5. The second-order valence-electron chi connectivity index (χ2n) is 4.71. The van der Waals surface area contributed by atoms with Crippen LogP contribution in [0.15, 0.2) is 24.0 Å². The van der Waals surface area contributed by atoms with Gasteiger partial charge < -0.3 is 10.5 Å². The molecule has 6 nitrogen and oxygen atoms in total. The quantitative estimate of drug-likeness (QED) is 0.918. The lowest BCUT2D eigenvalue weighted by atomic mass is 10.1. The fraction of sp³-hybridized carbons (Fsp3) is 0.308. The van der Waals surface area contributed by atoms with Crippen LogP contribution in [0.4, 0.5) is 19.0 Å².